The van der Waals surface area contributed by atoms with E-state index in [1.54, 1.807) is 47.4 Å². The Balaban J connectivity index is 1.31. The number of aliphatic hydroxyl groups is 3. The van der Waals surface area contributed by atoms with E-state index in [2.05, 4.69) is 59.2 Å². The Labute approximate surface area is 388 Å². The van der Waals surface area contributed by atoms with Gasteiger partial charge in [-0.05, 0) is 81.4 Å². The van der Waals surface area contributed by atoms with Crippen molar-refractivity contribution >= 4 is 73.2 Å². The summed E-state index contributed by atoms with van der Waals surface area (Å²) in [4.78, 5) is 1.55. The van der Waals surface area contributed by atoms with E-state index in [9.17, 15) is 25.5 Å². The number of allylic oxidation sites excluding steroid dienone is 5. The molecule has 10 heteroatoms. The van der Waals surface area contributed by atoms with Gasteiger partial charge in [0.15, 0.2) is 0 Å². The van der Waals surface area contributed by atoms with Crippen molar-refractivity contribution in [2.45, 2.75) is 25.2 Å². The molecule has 1 aromatic heterocycles. The second-order valence-electron chi connectivity index (χ2n) is 16.3. The Morgan fingerprint density at radius 2 is 1.30 bits per heavy atom. The molecule has 1 aliphatic carbocycles. The van der Waals surface area contributed by atoms with Crippen molar-refractivity contribution in [3.63, 3.8) is 0 Å². The van der Waals surface area contributed by atoms with E-state index in [1.807, 2.05) is 78.9 Å². The zero-order valence-electron chi connectivity index (χ0n) is 36.2. The third-order valence-electron chi connectivity index (χ3n) is 12.5. The SMILES string of the molecule is [B]CC(=C(\O)CO)/C(=C(\CO)c1ccccc1)N(c1cccc(-c2cccc3c2c2ccccc2n3C2C=CC=CCC2)c1)c1c([B])c(O)c(-c2ccc(-c3ccccc3)cc2)c([B])c1O. The Morgan fingerprint density at radius 1 is 0.652 bits per heavy atom. The van der Waals surface area contributed by atoms with Gasteiger partial charge in [-0.15, -0.1) is 0 Å². The molecule has 8 aromatic rings. The third-order valence-corrected chi connectivity index (χ3v) is 12.5. The Hall–Kier alpha value is -7.39. The molecule has 7 nitrogen and oxygen atoms in total. The Kier molecular flexibility index (Phi) is 12.6. The molecule has 0 spiro atoms. The molecule has 0 fully saturated rings. The van der Waals surface area contributed by atoms with Crippen LogP contribution in [-0.2, 0) is 0 Å². The summed E-state index contributed by atoms with van der Waals surface area (Å²) in [5.41, 5.74) is 7.29. The van der Waals surface area contributed by atoms with Crippen LogP contribution in [0.15, 0.2) is 193 Å². The van der Waals surface area contributed by atoms with Crippen molar-refractivity contribution in [2.75, 3.05) is 18.1 Å². The van der Waals surface area contributed by atoms with Crippen molar-refractivity contribution in [2.24, 2.45) is 0 Å². The van der Waals surface area contributed by atoms with Crippen LogP contribution in [-0.4, -0.2) is 66.9 Å². The number of benzene rings is 7. The van der Waals surface area contributed by atoms with Crippen molar-refractivity contribution in [1.82, 2.24) is 4.57 Å². The van der Waals surface area contributed by atoms with Crippen LogP contribution in [0.25, 0.3) is 60.8 Å². The molecule has 0 saturated carbocycles. The quantitative estimate of drug-likeness (QED) is 0.0363. The maximum Gasteiger partial charge on any atom is 0.132 e. The number of fused-ring (bicyclic) bond motifs is 3. The summed E-state index contributed by atoms with van der Waals surface area (Å²) in [6, 6.07) is 48.6. The predicted molar refractivity (Wildman–Crippen MR) is 273 cm³/mol. The molecule has 1 aliphatic rings. The average Bonchev–Trinajstić information content (AvgIpc) is 3.47. The van der Waals surface area contributed by atoms with Gasteiger partial charge < -0.3 is 35.0 Å². The van der Waals surface area contributed by atoms with Crippen molar-refractivity contribution in [3.8, 4) is 44.9 Å². The number of hydrogen-bond acceptors (Lipinski definition) is 6. The van der Waals surface area contributed by atoms with Crippen molar-refractivity contribution in [1.29, 1.82) is 0 Å². The zero-order chi connectivity index (χ0) is 45.9. The lowest BCUT2D eigenvalue weighted by molar-refractivity contribution is 0.250. The van der Waals surface area contributed by atoms with E-state index in [1.165, 1.54) is 0 Å². The first-order valence-corrected chi connectivity index (χ1v) is 21.9. The first-order chi connectivity index (χ1) is 32.2. The number of para-hydroxylation sites is 1. The normalized spacial score (nSPS) is 14.5. The largest absolute Gasteiger partial charge is 0.510 e. The van der Waals surface area contributed by atoms with E-state index < -0.39 is 30.5 Å². The highest BCUT2D eigenvalue weighted by Gasteiger charge is 2.31. The Bertz CT molecular complexity index is 3180. The lowest BCUT2D eigenvalue weighted by Gasteiger charge is -2.35. The molecular formula is C56H45B3N2O5. The lowest BCUT2D eigenvalue weighted by Crippen LogP contribution is -2.30. The number of aromatic hydroxyl groups is 2. The summed E-state index contributed by atoms with van der Waals surface area (Å²) in [5, 5.41) is 60.1. The minimum atomic E-state index is -0.789. The van der Waals surface area contributed by atoms with Gasteiger partial charge in [-0.1, -0.05) is 158 Å². The van der Waals surface area contributed by atoms with Crippen LogP contribution < -0.4 is 15.8 Å². The van der Waals surface area contributed by atoms with E-state index in [-0.39, 0.29) is 51.4 Å². The van der Waals surface area contributed by atoms with Crippen LogP contribution >= 0.6 is 0 Å². The topological polar surface area (TPSA) is 109 Å². The number of hydrogen-bond donors (Lipinski definition) is 5. The molecule has 0 amide bonds. The van der Waals surface area contributed by atoms with Gasteiger partial charge in [-0.25, -0.2) is 0 Å². The number of phenolic OH excluding ortho intramolecular Hbond substituents is 2. The molecule has 318 valence electrons. The van der Waals surface area contributed by atoms with Crippen LogP contribution in [0.1, 0.15) is 24.4 Å². The average molecular weight is 858 g/mol. The Morgan fingerprint density at radius 3 is 2.03 bits per heavy atom. The first kappa shape index (κ1) is 43.8. The third kappa shape index (κ3) is 7.93. The number of phenols is 2. The van der Waals surface area contributed by atoms with Gasteiger partial charge in [0, 0.05) is 38.7 Å². The number of nitrogens with zero attached hydrogens (tertiary/aromatic N) is 2. The van der Waals surface area contributed by atoms with Gasteiger partial charge in [0.05, 0.1) is 37.4 Å². The smallest absolute Gasteiger partial charge is 0.132 e. The van der Waals surface area contributed by atoms with Crippen LogP contribution in [0, 0.1) is 0 Å². The molecule has 1 heterocycles. The lowest BCUT2D eigenvalue weighted by atomic mass is 9.77. The monoisotopic (exact) mass is 858 g/mol. The minimum absolute atomic E-state index is 0.0457. The van der Waals surface area contributed by atoms with Gasteiger partial charge in [0.25, 0.3) is 0 Å². The molecule has 0 saturated heterocycles. The van der Waals surface area contributed by atoms with Crippen LogP contribution in [0.3, 0.4) is 0 Å². The molecular weight excluding hydrogens is 813 g/mol. The molecule has 5 N–H and O–H groups in total. The maximum absolute atomic E-state index is 12.5. The summed E-state index contributed by atoms with van der Waals surface area (Å²) in [5.74, 6) is -1.35. The summed E-state index contributed by atoms with van der Waals surface area (Å²) in [6.07, 6.45) is 10.2. The molecule has 1 atom stereocenters. The summed E-state index contributed by atoms with van der Waals surface area (Å²) in [7, 11) is 20.4. The van der Waals surface area contributed by atoms with Gasteiger partial charge in [0.1, 0.15) is 39.6 Å². The molecule has 0 bridgehead atoms. The second kappa shape index (κ2) is 19.0. The maximum atomic E-state index is 12.5. The zero-order valence-corrected chi connectivity index (χ0v) is 36.2. The molecule has 1 unspecified atom stereocenters. The number of aliphatic hydroxyl groups excluding tert-OH is 3. The van der Waals surface area contributed by atoms with E-state index >= 15 is 0 Å². The summed E-state index contributed by atoms with van der Waals surface area (Å²) in [6.45, 7) is -1.36. The minimum Gasteiger partial charge on any atom is -0.510 e. The van der Waals surface area contributed by atoms with Gasteiger partial charge >= 0.3 is 0 Å². The standard InChI is InChI=1S/C56H45B3N2O5/c57-32-44(48(64)34-63)53(45(33-62)37-17-7-4-8-18-37)61(54-52(59)55(65)49(51(58)56(54)66)38-29-27-36(28-30-38)35-15-5-3-6-16-35)41-22-13-19-39(31-41)42-24-14-26-47-50(42)43-23-11-12-25-46(43)60(47)40-20-9-1-2-10-21-40/h1-9,11-20,22-31,40,62-66H,10,21,32-34H2/b48-44+,53-45-. The van der Waals surface area contributed by atoms with Crippen LogP contribution in [0.5, 0.6) is 11.5 Å². The molecule has 66 heavy (non-hydrogen) atoms. The molecule has 9 rings (SSSR count). The van der Waals surface area contributed by atoms with Gasteiger partial charge in [0.2, 0.25) is 0 Å². The van der Waals surface area contributed by atoms with E-state index in [4.69, 9.17) is 23.5 Å². The highest BCUT2D eigenvalue weighted by Crippen LogP contribution is 2.46. The predicted octanol–water partition coefficient (Wildman–Crippen LogP) is 10.2. The van der Waals surface area contributed by atoms with E-state index in [0.717, 1.165) is 56.9 Å². The van der Waals surface area contributed by atoms with Crippen LogP contribution in [0.2, 0.25) is 6.32 Å². The van der Waals surface area contributed by atoms with Crippen molar-refractivity contribution < 1.29 is 25.5 Å². The first-order valence-electron chi connectivity index (χ1n) is 21.9. The fourth-order valence-electron chi connectivity index (χ4n) is 9.34. The fourth-order valence-corrected chi connectivity index (χ4v) is 9.34. The fraction of sp³-hybridized carbons (Fsp3) is 0.107. The molecule has 0 aliphatic heterocycles. The highest BCUT2D eigenvalue weighted by atomic mass is 16.3. The van der Waals surface area contributed by atoms with E-state index in [0.29, 0.717) is 16.8 Å². The van der Waals surface area contributed by atoms with Crippen LogP contribution in [0.4, 0.5) is 11.4 Å². The summed E-state index contributed by atoms with van der Waals surface area (Å²) >= 11 is 0. The number of anilines is 2. The van der Waals surface area contributed by atoms with Crippen molar-refractivity contribution in [3.05, 3.63) is 199 Å². The molecule has 6 radical (unpaired) electrons. The van der Waals surface area contributed by atoms with Gasteiger partial charge in [-0.2, -0.15) is 0 Å². The summed E-state index contributed by atoms with van der Waals surface area (Å²) < 4.78 is 2.40. The second-order valence-corrected chi connectivity index (χ2v) is 16.3. The van der Waals surface area contributed by atoms with Gasteiger partial charge in [-0.3, -0.25) is 0 Å². The number of aromatic nitrogens is 1. The molecule has 7 aromatic carbocycles. The highest BCUT2D eigenvalue weighted by molar-refractivity contribution is 6.45. The number of rotatable bonds is 12.